The van der Waals surface area contributed by atoms with Crippen LogP contribution in [-0.2, 0) is 16.6 Å². The molecule has 3 rings (SSSR count). The molecule has 0 amide bonds. The Morgan fingerprint density at radius 2 is 1.78 bits per heavy atom. The summed E-state index contributed by atoms with van der Waals surface area (Å²) in [5.41, 5.74) is 0.892. The monoisotopic (exact) mass is 334 g/mol. The minimum absolute atomic E-state index is 0.206. The molecule has 0 saturated heterocycles. The van der Waals surface area contributed by atoms with Crippen LogP contribution in [-0.4, -0.2) is 37.5 Å². The van der Waals surface area contributed by atoms with Gasteiger partial charge in [0, 0.05) is 31.5 Å². The molecule has 0 spiro atoms. The molecule has 23 heavy (non-hydrogen) atoms. The number of pyridine rings is 1. The Labute approximate surface area is 135 Å². The molecule has 122 valence electrons. The summed E-state index contributed by atoms with van der Waals surface area (Å²) in [5.74, 6) is 1.05. The molecule has 0 saturated carbocycles. The molecule has 0 fully saturated rings. The van der Waals surface area contributed by atoms with Crippen LogP contribution in [0.4, 0.5) is 0 Å². The lowest BCUT2D eigenvalue weighted by atomic mass is 10.3. The summed E-state index contributed by atoms with van der Waals surface area (Å²) in [6.45, 7) is 3.39. The van der Waals surface area contributed by atoms with E-state index in [1.165, 1.54) is 10.4 Å². The molecule has 7 heteroatoms. The van der Waals surface area contributed by atoms with Gasteiger partial charge in [0.05, 0.1) is 4.90 Å². The van der Waals surface area contributed by atoms with Crippen LogP contribution in [0, 0.1) is 0 Å². The Bertz CT molecular complexity index is 778. The highest BCUT2D eigenvalue weighted by Gasteiger charge is 2.25. The highest BCUT2D eigenvalue weighted by atomic mass is 32.2. The molecule has 1 aromatic heterocycles. The zero-order chi connectivity index (χ0) is 16.3. The van der Waals surface area contributed by atoms with Crippen molar-refractivity contribution in [3.05, 3.63) is 48.3 Å². The average Bonchev–Trinajstić information content (AvgIpc) is 2.60. The molecule has 1 aromatic carbocycles. The summed E-state index contributed by atoms with van der Waals surface area (Å²) in [6, 6.07) is 8.34. The third-order valence-corrected chi connectivity index (χ3v) is 5.53. The number of hydrogen-bond donors (Lipinski definition) is 0. The van der Waals surface area contributed by atoms with Crippen molar-refractivity contribution >= 4 is 10.0 Å². The van der Waals surface area contributed by atoms with E-state index in [1.807, 2.05) is 19.1 Å². The number of sulfonamides is 1. The summed E-state index contributed by atoms with van der Waals surface area (Å²) in [4.78, 5) is 4.15. The van der Waals surface area contributed by atoms with E-state index in [-0.39, 0.29) is 4.90 Å². The third-order valence-electron chi connectivity index (χ3n) is 3.61. The first kappa shape index (κ1) is 15.8. The number of nitrogens with zero attached hydrogens (tertiary/aromatic N) is 2. The summed E-state index contributed by atoms with van der Waals surface area (Å²) in [6.07, 6.45) is 3.31. The second-order valence-electron chi connectivity index (χ2n) is 5.09. The van der Waals surface area contributed by atoms with Gasteiger partial charge >= 0.3 is 0 Å². The van der Waals surface area contributed by atoms with Crippen molar-refractivity contribution in [3.8, 4) is 11.5 Å². The summed E-state index contributed by atoms with van der Waals surface area (Å²) >= 11 is 0. The van der Waals surface area contributed by atoms with E-state index in [1.54, 1.807) is 24.5 Å². The number of ether oxygens (including phenoxy) is 2. The van der Waals surface area contributed by atoms with Crippen molar-refractivity contribution in [2.45, 2.75) is 18.4 Å². The number of fused-ring (bicyclic) bond motifs is 1. The Morgan fingerprint density at radius 3 is 2.48 bits per heavy atom. The van der Waals surface area contributed by atoms with Crippen LogP contribution in [0.5, 0.6) is 11.5 Å². The molecular formula is C16H18N2O4S. The average molecular weight is 334 g/mol. The zero-order valence-electron chi connectivity index (χ0n) is 12.8. The molecule has 2 aromatic rings. The Hall–Kier alpha value is -2.12. The number of aromatic nitrogens is 1. The molecule has 0 bridgehead atoms. The van der Waals surface area contributed by atoms with Crippen LogP contribution in [0.25, 0.3) is 0 Å². The van der Waals surface area contributed by atoms with Crippen molar-refractivity contribution in [3.63, 3.8) is 0 Å². The van der Waals surface area contributed by atoms with E-state index < -0.39 is 10.0 Å². The SMILES string of the molecule is CCN(Cc1ccncc1)S(=O)(=O)c1ccc2c(c1)OCCO2. The maximum absolute atomic E-state index is 12.9. The number of hydrogen-bond acceptors (Lipinski definition) is 5. The molecule has 0 atom stereocenters. The first-order chi connectivity index (χ1) is 11.1. The van der Waals surface area contributed by atoms with E-state index in [9.17, 15) is 8.42 Å². The molecular weight excluding hydrogens is 316 g/mol. The van der Waals surface area contributed by atoms with Crippen LogP contribution < -0.4 is 9.47 Å². The van der Waals surface area contributed by atoms with Gasteiger partial charge in [-0.25, -0.2) is 8.42 Å². The van der Waals surface area contributed by atoms with Crippen LogP contribution in [0.15, 0.2) is 47.6 Å². The molecule has 0 N–H and O–H groups in total. The minimum atomic E-state index is -3.61. The molecule has 1 aliphatic rings. The summed E-state index contributed by atoms with van der Waals surface area (Å²) in [7, 11) is -3.61. The Balaban J connectivity index is 1.89. The summed E-state index contributed by atoms with van der Waals surface area (Å²) in [5, 5.41) is 0. The lowest BCUT2D eigenvalue weighted by Gasteiger charge is -2.23. The largest absolute Gasteiger partial charge is 0.486 e. The molecule has 6 nitrogen and oxygen atoms in total. The smallest absolute Gasteiger partial charge is 0.243 e. The third kappa shape index (κ3) is 3.30. The fourth-order valence-corrected chi connectivity index (χ4v) is 3.84. The minimum Gasteiger partial charge on any atom is -0.486 e. The lowest BCUT2D eigenvalue weighted by molar-refractivity contribution is 0.171. The van der Waals surface area contributed by atoms with E-state index in [0.717, 1.165) is 5.56 Å². The van der Waals surface area contributed by atoms with Gasteiger partial charge in [0.2, 0.25) is 10.0 Å². The second-order valence-corrected chi connectivity index (χ2v) is 7.03. The van der Waals surface area contributed by atoms with Crippen molar-refractivity contribution < 1.29 is 17.9 Å². The van der Waals surface area contributed by atoms with Gasteiger partial charge in [-0.2, -0.15) is 4.31 Å². The van der Waals surface area contributed by atoms with E-state index in [4.69, 9.17) is 9.47 Å². The fraction of sp³-hybridized carbons (Fsp3) is 0.312. The van der Waals surface area contributed by atoms with Gasteiger partial charge in [-0.3, -0.25) is 4.98 Å². The normalized spacial score (nSPS) is 14.0. The quantitative estimate of drug-likeness (QED) is 0.837. The first-order valence-corrected chi connectivity index (χ1v) is 8.84. The van der Waals surface area contributed by atoms with E-state index in [0.29, 0.717) is 37.8 Å². The Kier molecular flexibility index (Phi) is 4.49. The topological polar surface area (TPSA) is 68.7 Å². The van der Waals surface area contributed by atoms with Crippen LogP contribution in [0.3, 0.4) is 0 Å². The summed E-state index contributed by atoms with van der Waals surface area (Å²) < 4.78 is 38.1. The van der Waals surface area contributed by atoms with Crippen molar-refractivity contribution in [2.75, 3.05) is 19.8 Å². The van der Waals surface area contributed by atoms with Crippen LogP contribution in [0.2, 0.25) is 0 Å². The van der Waals surface area contributed by atoms with Gasteiger partial charge in [0.1, 0.15) is 13.2 Å². The van der Waals surface area contributed by atoms with Crippen molar-refractivity contribution in [2.24, 2.45) is 0 Å². The predicted octanol–water partition coefficient (Wildman–Crippen LogP) is 2.06. The van der Waals surface area contributed by atoms with Crippen molar-refractivity contribution in [1.29, 1.82) is 0 Å². The van der Waals surface area contributed by atoms with Crippen molar-refractivity contribution in [1.82, 2.24) is 9.29 Å². The van der Waals surface area contributed by atoms with Crippen LogP contribution in [0.1, 0.15) is 12.5 Å². The van der Waals surface area contributed by atoms with Gasteiger partial charge in [0.25, 0.3) is 0 Å². The Morgan fingerprint density at radius 1 is 1.09 bits per heavy atom. The zero-order valence-corrected chi connectivity index (χ0v) is 13.6. The molecule has 2 heterocycles. The van der Waals surface area contributed by atoms with Gasteiger partial charge in [0.15, 0.2) is 11.5 Å². The first-order valence-electron chi connectivity index (χ1n) is 7.40. The van der Waals surface area contributed by atoms with Gasteiger partial charge < -0.3 is 9.47 Å². The maximum Gasteiger partial charge on any atom is 0.243 e. The molecule has 0 aliphatic carbocycles. The molecule has 0 radical (unpaired) electrons. The highest BCUT2D eigenvalue weighted by molar-refractivity contribution is 7.89. The van der Waals surface area contributed by atoms with Crippen LogP contribution >= 0.6 is 0 Å². The molecule has 1 aliphatic heterocycles. The maximum atomic E-state index is 12.9. The van der Waals surface area contributed by atoms with Gasteiger partial charge in [-0.15, -0.1) is 0 Å². The molecule has 0 unspecified atom stereocenters. The van der Waals surface area contributed by atoms with Gasteiger partial charge in [-0.1, -0.05) is 6.92 Å². The standard InChI is InChI=1S/C16H18N2O4S/c1-2-18(12-13-5-7-17-8-6-13)23(19,20)14-3-4-15-16(11-14)22-10-9-21-15/h3-8,11H,2,9-10,12H2,1H3. The second kappa shape index (κ2) is 6.55. The van der Waals surface area contributed by atoms with E-state index in [2.05, 4.69) is 4.98 Å². The van der Waals surface area contributed by atoms with E-state index >= 15 is 0 Å². The highest BCUT2D eigenvalue weighted by Crippen LogP contribution is 2.33. The lowest BCUT2D eigenvalue weighted by Crippen LogP contribution is -2.30. The fourth-order valence-electron chi connectivity index (χ4n) is 2.39. The van der Waals surface area contributed by atoms with Gasteiger partial charge in [-0.05, 0) is 29.8 Å². The number of rotatable bonds is 5. The number of benzene rings is 1. The predicted molar refractivity (Wildman–Crippen MR) is 84.9 cm³/mol.